The van der Waals surface area contributed by atoms with Crippen molar-refractivity contribution in [3.05, 3.63) is 33.2 Å². The largest absolute Gasteiger partial charge is 0.330 e. The minimum atomic E-state index is 0.701. The van der Waals surface area contributed by atoms with E-state index in [4.69, 9.17) is 5.73 Å². The number of hydrogen-bond donors (Lipinski definition) is 1. The van der Waals surface area contributed by atoms with Crippen LogP contribution in [0.25, 0.3) is 10.6 Å². The maximum absolute atomic E-state index is 5.49. The van der Waals surface area contributed by atoms with Crippen LogP contribution in [0.15, 0.2) is 22.7 Å². The molecule has 2 rings (SSSR count). The summed E-state index contributed by atoms with van der Waals surface area (Å²) in [6, 6.07) is 6.20. The molecule has 5 heteroatoms. The summed E-state index contributed by atoms with van der Waals surface area (Å²) in [7, 11) is 0. The molecule has 1 heterocycles. The highest BCUT2D eigenvalue weighted by molar-refractivity contribution is 9.10. The van der Waals surface area contributed by atoms with Gasteiger partial charge in [-0.2, -0.15) is 0 Å². The van der Waals surface area contributed by atoms with Gasteiger partial charge in [0.05, 0.1) is 0 Å². The standard InChI is InChI=1S/C12H14BrN3S/c1-8-7-9(13)4-5-10(8)12-16-15-11(17-12)3-2-6-14/h4-5,7H,2-3,6,14H2,1H3. The first-order chi connectivity index (χ1) is 8.20. The van der Waals surface area contributed by atoms with Gasteiger partial charge in [-0.05, 0) is 37.6 Å². The number of halogens is 1. The lowest BCUT2D eigenvalue weighted by molar-refractivity contribution is 0.812. The fraction of sp³-hybridized carbons (Fsp3) is 0.333. The summed E-state index contributed by atoms with van der Waals surface area (Å²) in [5.74, 6) is 0. The molecule has 0 aliphatic rings. The molecule has 0 saturated carbocycles. The molecule has 0 aliphatic heterocycles. The van der Waals surface area contributed by atoms with Crippen LogP contribution < -0.4 is 5.73 Å². The van der Waals surface area contributed by atoms with E-state index >= 15 is 0 Å². The van der Waals surface area contributed by atoms with Crippen LogP contribution in [0, 0.1) is 6.92 Å². The summed E-state index contributed by atoms with van der Waals surface area (Å²) in [5.41, 5.74) is 7.85. The highest BCUT2D eigenvalue weighted by atomic mass is 79.9. The van der Waals surface area contributed by atoms with Crippen molar-refractivity contribution in [2.24, 2.45) is 5.73 Å². The zero-order valence-corrected chi connectivity index (χ0v) is 12.0. The van der Waals surface area contributed by atoms with Crippen molar-refractivity contribution >= 4 is 27.3 Å². The molecule has 0 saturated heterocycles. The SMILES string of the molecule is Cc1cc(Br)ccc1-c1nnc(CCCN)s1. The molecule has 0 bridgehead atoms. The van der Waals surface area contributed by atoms with Crippen LogP contribution >= 0.6 is 27.3 Å². The number of rotatable bonds is 4. The molecule has 1 aromatic carbocycles. The van der Waals surface area contributed by atoms with Crippen LogP contribution in [-0.2, 0) is 6.42 Å². The second-order valence-corrected chi connectivity index (χ2v) is 5.83. The monoisotopic (exact) mass is 311 g/mol. The molecular weight excluding hydrogens is 298 g/mol. The maximum Gasteiger partial charge on any atom is 0.148 e. The third-order valence-corrected chi connectivity index (χ3v) is 3.99. The predicted octanol–water partition coefficient (Wildman–Crippen LogP) is 3.17. The topological polar surface area (TPSA) is 51.8 Å². The number of benzene rings is 1. The van der Waals surface area contributed by atoms with E-state index in [1.807, 2.05) is 6.07 Å². The zero-order chi connectivity index (χ0) is 12.3. The Morgan fingerprint density at radius 2 is 2.18 bits per heavy atom. The first-order valence-corrected chi connectivity index (χ1v) is 7.10. The van der Waals surface area contributed by atoms with E-state index in [9.17, 15) is 0 Å². The van der Waals surface area contributed by atoms with Crippen LogP contribution in [0.2, 0.25) is 0 Å². The summed E-state index contributed by atoms with van der Waals surface area (Å²) in [4.78, 5) is 0. The average molecular weight is 312 g/mol. The third kappa shape index (κ3) is 3.12. The Balaban J connectivity index is 2.24. The molecular formula is C12H14BrN3S. The quantitative estimate of drug-likeness (QED) is 0.943. The summed E-state index contributed by atoms with van der Waals surface area (Å²) in [6.45, 7) is 2.78. The Hall–Kier alpha value is -0.780. The number of nitrogens with two attached hydrogens (primary N) is 1. The molecule has 3 nitrogen and oxygen atoms in total. The van der Waals surface area contributed by atoms with Crippen molar-refractivity contribution in [2.45, 2.75) is 19.8 Å². The van der Waals surface area contributed by atoms with Crippen molar-refractivity contribution in [1.82, 2.24) is 10.2 Å². The fourth-order valence-electron chi connectivity index (χ4n) is 1.58. The summed E-state index contributed by atoms with van der Waals surface area (Å²) in [6.07, 6.45) is 1.89. The molecule has 90 valence electrons. The minimum Gasteiger partial charge on any atom is -0.330 e. The number of hydrogen-bond acceptors (Lipinski definition) is 4. The first kappa shape index (κ1) is 12.7. The van der Waals surface area contributed by atoms with Gasteiger partial charge < -0.3 is 5.73 Å². The number of nitrogens with zero attached hydrogens (tertiary/aromatic N) is 2. The molecule has 17 heavy (non-hydrogen) atoms. The van der Waals surface area contributed by atoms with Crippen LogP contribution in [0.3, 0.4) is 0 Å². The summed E-state index contributed by atoms with van der Waals surface area (Å²) in [5, 5.41) is 10.5. The Labute approximate surface area is 113 Å². The predicted molar refractivity (Wildman–Crippen MR) is 75.2 cm³/mol. The van der Waals surface area contributed by atoms with E-state index in [2.05, 4.69) is 45.2 Å². The zero-order valence-electron chi connectivity index (χ0n) is 9.61. The van der Waals surface area contributed by atoms with Gasteiger partial charge in [0, 0.05) is 16.5 Å². The van der Waals surface area contributed by atoms with Gasteiger partial charge in [0.2, 0.25) is 0 Å². The minimum absolute atomic E-state index is 0.701. The van der Waals surface area contributed by atoms with Gasteiger partial charge in [-0.25, -0.2) is 0 Å². The molecule has 1 aromatic heterocycles. The second kappa shape index (κ2) is 5.71. The third-order valence-electron chi connectivity index (χ3n) is 2.48. The van der Waals surface area contributed by atoms with Crippen molar-refractivity contribution in [3.63, 3.8) is 0 Å². The second-order valence-electron chi connectivity index (χ2n) is 3.85. The molecule has 0 amide bonds. The van der Waals surface area contributed by atoms with Gasteiger partial charge in [0.25, 0.3) is 0 Å². The van der Waals surface area contributed by atoms with Gasteiger partial charge in [0.1, 0.15) is 10.0 Å². The molecule has 0 spiro atoms. The van der Waals surface area contributed by atoms with E-state index in [-0.39, 0.29) is 0 Å². The molecule has 0 atom stereocenters. The van der Waals surface area contributed by atoms with Crippen molar-refractivity contribution in [1.29, 1.82) is 0 Å². The van der Waals surface area contributed by atoms with Gasteiger partial charge in [-0.3, -0.25) is 0 Å². The van der Waals surface area contributed by atoms with Gasteiger partial charge in [0.15, 0.2) is 0 Å². The number of aryl methyl sites for hydroxylation is 2. The van der Waals surface area contributed by atoms with Gasteiger partial charge in [-0.1, -0.05) is 33.3 Å². The molecule has 0 aliphatic carbocycles. The van der Waals surface area contributed by atoms with Crippen molar-refractivity contribution in [3.8, 4) is 10.6 Å². The van der Waals surface area contributed by atoms with Crippen molar-refractivity contribution < 1.29 is 0 Å². The Morgan fingerprint density at radius 1 is 1.35 bits per heavy atom. The lowest BCUT2D eigenvalue weighted by Crippen LogP contribution is -1.99. The molecule has 0 unspecified atom stereocenters. The molecule has 2 N–H and O–H groups in total. The lowest BCUT2D eigenvalue weighted by atomic mass is 10.1. The van der Waals surface area contributed by atoms with E-state index < -0.39 is 0 Å². The lowest BCUT2D eigenvalue weighted by Gasteiger charge is -2.01. The first-order valence-electron chi connectivity index (χ1n) is 5.49. The smallest absolute Gasteiger partial charge is 0.148 e. The maximum atomic E-state index is 5.49. The highest BCUT2D eigenvalue weighted by Crippen LogP contribution is 2.28. The van der Waals surface area contributed by atoms with Crippen LogP contribution in [0.4, 0.5) is 0 Å². The van der Waals surface area contributed by atoms with Gasteiger partial charge >= 0.3 is 0 Å². The van der Waals surface area contributed by atoms with E-state index in [1.54, 1.807) is 11.3 Å². The molecule has 0 radical (unpaired) electrons. The average Bonchev–Trinajstić information content (AvgIpc) is 2.75. The van der Waals surface area contributed by atoms with Crippen molar-refractivity contribution in [2.75, 3.05) is 6.54 Å². The van der Waals surface area contributed by atoms with Crippen LogP contribution in [0.5, 0.6) is 0 Å². The Bertz CT molecular complexity index is 510. The van der Waals surface area contributed by atoms with Gasteiger partial charge in [-0.15, -0.1) is 10.2 Å². The van der Waals surface area contributed by atoms with E-state index in [1.165, 1.54) is 5.56 Å². The Morgan fingerprint density at radius 3 is 2.88 bits per heavy atom. The van der Waals surface area contributed by atoms with E-state index in [0.29, 0.717) is 6.54 Å². The fourth-order valence-corrected chi connectivity index (χ4v) is 3.03. The summed E-state index contributed by atoms with van der Waals surface area (Å²) >= 11 is 5.11. The summed E-state index contributed by atoms with van der Waals surface area (Å²) < 4.78 is 1.09. The molecule has 0 fully saturated rings. The normalized spacial score (nSPS) is 10.8. The van der Waals surface area contributed by atoms with Crippen LogP contribution in [0.1, 0.15) is 17.0 Å². The van der Waals surface area contributed by atoms with E-state index in [0.717, 1.165) is 32.9 Å². The Kier molecular flexibility index (Phi) is 4.25. The highest BCUT2D eigenvalue weighted by Gasteiger charge is 2.08. The molecule has 2 aromatic rings. The number of aromatic nitrogens is 2. The van der Waals surface area contributed by atoms with Crippen LogP contribution in [-0.4, -0.2) is 16.7 Å².